The number of nitrogens with zero attached hydrogens (tertiary/aromatic N) is 3. The second-order valence-electron chi connectivity index (χ2n) is 5.55. The predicted molar refractivity (Wildman–Crippen MR) is 91.7 cm³/mol. The molecule has 1 amide bonds. The summed E-state index contributed by atoms with van der Waals surface area (Å²) in [7, 11) is 0. The molecule has 0 bridgehead atoms. The van der Waals surface area contributed by atoms with Crippen LogP contribution in [0.3, 0.4) is 0 Å². The first kappa shape index (κ1) is 15.0. The van der Waals surface area contributed by atoms with E-state index in [1.807, 2.05) is 37.3 Å². The van der Waals surface area contributed by atoms with Crippen molar-refractivity contribution in [2.24, 2.45) is 0 Å². The minimum atomic E-state index is -0.193. The van der Waals surface area contributed by atoms with Gasteiger partial charge < -0.3 is 4.74 Å². The molecule has 0 saturated heterocycles. The van der Waals surface area contributed by atoms with E-state index in [2.05, 4.69) is 15.4 Å². The highest BCUT2D eigenvalue weighted by Crippen LogP contribution is 2.27. The third kappa shape index (κ3) is 2.83. The minimum Gasteiger partial charge on any atom is -0.375 e. The Bertz CT molecular complexity index is 862. The summed E-state index contributed by atoms with van der Waals surface area (Å²) in [5, 5.41) is 7.92. The van der Waals surface area contributed by atoms with Gasteiger partial charge in [0.2, 0.25) is 0 Å². The van der Waals surface area contributed by atoms with Crippen molar-refractivity contribution in [3.05, 3.63) is 58.4 Å². The van der Waals surface area contributed by atoms with E-state index in [0.29, 0.717) is 29.6 Å². The molecule has 122 valence electrons. The van der Waals surface area contributed by atoms with E-state index in [1.165, 1.54) is 11.3 Å². The van der Waals surface area contributed by atoms with E-state index in [0.717, 1.165) is 22.7 Å². The molecule has 1 aromatic carbocycles. The molecule has 0 spiro atoms. The maximum absolute atomic E-state index is 12.6. The number of para-hydroxylation sites is 1. The molecule has 0 atom stereocenters. The van der Waals surface area contributed by atoms with Gasteiger partial charge in [0, 0.05) is 12.6 Å². The van der Waals surface area contributed by atoms with Gasteiger partial charge in [-0.05, 0) is 19.1 Å². The molecule has 1 aliphatic heterocycles. The van der Waals surface area contributed by atoms with Crippen LogP contribution >= 0.6 is 11.3 Å². The minimum absolute atomic E-state index is 0.193. The van der Waals surface area contributed by atoms with Crippen LogP contribution in [-0.4, -0.2) is 27.3 Å². The largest absolute Gasteiger partial charge is 0.375 e. The summed E-state index contributed by atoms with van der Waals surface area (Å²) in [6.45, 7) is 3.09. The molecule has 0 fully saturated rings. The van der Waals surface area contributed by atoms with E-state index < -0.39 is 0 Å². The first-order chi connectivity index (χ1) is 11.7. The molecular formula is C17H16N4O2S. The Balaban J connectivity index is 1.56. The zero-order valence-electron chi connectivity index (χ0n) is 13.2. The number of hydrogen-bond donors (Lipinski definition) is 1. The smallest absolute Gasteiger partial charge is 0.260 e. The zero-order valence-corrected chi connectivity index (χ0v) is 14.0. The van der Waals surface area contributed by atoms with Crippen LogP contribution in [0.4, 0.5) is 5.13 Å². The Labute approximate surface area is 143 Å². The number of ether oxygens (including phenoxy) is 1. The number of aromatic nitrogens is 3. The van der Waals surface area contributed by atoms with Gasteiger partial charge in [-0.2, -0.15) is 5.10 Å². The number of amides is 1. The van der Waals surface area contributed by atoms with Crippen molar-refractivity contribution in [3.8, 4) is 5.69 Å². The molecular weight excluding hydrogens is 324 g/mol. The maximum atomic E-state index is 12.6. The molecule has 6 nitrogen and oxygen atoms in total. The van der Waals surface area contributed by atoms with Gasteiger partial charge in [-0.25, -0.2) is 9.67 Å². The van der Waals surface area contributed by atoms with Crippen LogP contribution in [0.5, 0.6) is 0 Å². The number of fused-ring (bicyclic) bond motifs is 1. The molecule has 7 heteroatoms. The lowest BCUT2D eigenvalue weighted by Gasteiger charge is -2.08. The van der Waals surface area contributed by atoms with Crippen LogP contribution in [0.15, 0.2) is 36.5 Å². The zero-order chi connectivity index (χ0) is 16.5. The topological polar surface area (TPSA) is 69.0 Å². The van der Waals surface area contributed by atoms with Gasteiger partial charge in [-0.1, -0.05) is 29.5 Å². The Hall–Kier alpha value is -2.51. The van der Waals surface area contributed by atoms with Crippen molar-refractivity contribution in [2.75, 3.05) is 11.9 Å². The number of rotatable bonds is 3. The lowest BCUT2D eigenvalue weighted by molar-refractivity contribution is 0.102. The number of carbonyl (C=O) groups excluding carboxylic acids is 1. The summed E-state index contributed by atoms with van der Waals surface area (Å²) in [6, 6.07) is 9.72. The third-order valence-corrected chi connectivity index (χ3v) is 4.87. The SMILES string of the molecule is Cc1nn(-c2ccccc2)cc1C(=O)Nc1nc2c(s1)COCC2. The molecule has 24 heavy (non-hydrogen) atoms. The average molecular weight is 340 g/mol. The summed E-state index contributed by atoms with van der Waals surface area (Å²) < 4.78 is 7.13. The lowest BCUT2D eigenvalue weighted by Crippen LogP contribution is -2.12. The monoisotopic (exact) mass is 340 g/mol. The molecule has 3 heterocycles. The van der Waals surface area contributed by atoms with Crippen molar-refractivity contribution in [1.29, 1.82) is 0 Å². The Morgan fingerprint density at radius 3 is 2.96 bits per heavy atom. The van der Waals surface area contributed by atoms with Gasteiger partial charge in [-0.3, -0.25) is 10.1 Å². The van der Waals surface area contributed by atoms with E-state index in [4.69, 9.17) is 4.74 Å². The first-order valence-electron chi connectivity index (χ1n) is 7.70. The normalized spacial score (nSPS) is 13.5. The van der Waals surface area contributed by atoms with E-state index >= 15 is 0 Å². The number of anilines is 1. The van der Waals surface area contributed by atoms with Crippen LogP contribution in [-0.2, 0) is 17.8 Å². The molecule has 0 radical (unpaired) electrons. The van der Waals surface area contributed by atoms with Gasteiger partial charge in [0.15, 0.2) is 5.13 Å². The maximum Gasteiger partial charge on any atom is 0.260 e. The highest BCUT2D eigenvalue weighted by molar-refractivity contribution is 7.15. The number of aryl methyl sites for hydroxylation is 1. The quantitative estimate of drug-likeness (QED) is 0.796. The van der Waals surface area contributed by atoms with Crippen LogP contribution in [0.1, 0.15) is 26.6 Å². The van der Waals surface area contributed by atoms with Crippen molar-refractivity contribution in [3.63, 3.8) is 0 Å². The number of nitrogens with one attached hydrogen (secondary N) is 1. The fourth-order valence-corrected chi connectivity index (χ4v) is 3.58. The molecule has 0 unspecified atom stereocenters. The number of carbonyl (C=O) groups is 1. The second-order valence-corrected chi connectivity index (χ2v) is 6.64. The first-order valence-corrected chi connectivity index (χ1v) is 8.52. The molecule has 3 aromatic rings. The van der Waals surface area contributed by atoms with Crippen LogP contribution < -0.4 is 5.32 Å². The summed E-state index contributed by atoms with van der Waals surface area (Å²) in [4.78, 5) is 18.1. The van der Waals surface area contributed by atoms with Crippen LogP contribution in [0.25, 0.3) is 5.69 Å². The van der Waals surface area contributed by atoms with Gasteiger partial charge in [-0.15, -0.1) is 0 Å². The van der Waals surface area contributed by atoms with Gasteiger partial charge in [0.05, 0.1) is 40.7 Å². The summed E-state index contributed by atoms with van der Waals surface area (Å²) in [6.07, 6.45) is 2.54. The van der Waals surface area contributed by atoms with Crippen molar-refractivity contribution >= 4 is 22.4 Å². The highest BCUT2D eigenvalue weighted by Gasteiger charge is 2.19. The van der Waals surface area contributed by atoms with Crippen molar-refractivity contribution in [1.82, 2.24) is 14.8 Å². The molecule has 0 aliphatic carbocycles. The molecule has 0 saturated carbocycles. The third-order valence-electron chi connectivity index (χ3n) is 3.88. The van der Waals surface area contributed by atoms with Crippen molar-refractivity contribution < 1.29 is 9.53 Å². The Morgan fingerprint density at radius 1 is 1.33 bits per heavy atom. The Kier molecular flexibility index (Phi) is 3.87. The highest BCUT2D eigenvalue weighted by atomic mass is 32.1. The van der Waals surface area contributed by atoms with Crippen LogP contribution in [0, 0.1) is 6.92 Å². The molecule has 1 aliphatic rings. The fourth-order valence-electron chi connectivity index (χ4n) is 2.64. The standard InChI is InChI=1S/C17H16N4O2S/c1-11-13(9-21(20-11)12-5-3-2-4-6-12)16(22)19-17-18-14-7-8-23-10-15(14)24-17/h2-6,9H,7-8,10H2,1H3,(H,18,19,22). The number of hydrogen-bond acceptors (Lipinski definition) is 5. The average Bonchev–Trinajstić information content (AvgIpc) is 3.18. The lowest BCUT2D eigenvalue weighted by atomic mass is 10.2. The number of benzene rings is 1. The Morgan fingerprint density at radius 2 is 2.17 bits per heavy atom. The molecule has 2 aromatic heterocycles. The van der Waals surface area contributed by atoms with E-state index in [9.17, 15) is 4.79 Å². The van der Waals surface area contributed by atoms with Gasteiger partial charge in [0.25, 0.3) is 5.91 Å². The van der Waals surface area contributed by atoms with E-state index in [1.54, 1.807) is 10.9 Å². The summed E-state index contributed by atoms with van der Waals surface area (Å²) >= 11 is 1.47. The summed E-state index contributed by atoms with van der Waals surface area (Å²) in [5.74, 6) is -0.193. The fraction of sp³-hybridized carbons (Fsp3) is 0.235. The molecule has 4 rings (SSSR count). The van der Waals surface area contributed by atoms with Gasteiger partial charge in [0.1, 0.15) is 0 Å². The predicted octanol–water partition coefficient (Wildman–Crippen LogP) is 2.96. The van der Waals surface area contributed by atoms with Crippen molar-refractivity contribution in [2.45, 2.75) is 20.0 Å². The van der Waals surface area contributed by atoms with Crippen LogP contribution in [0.2, 0.25) is 0 Å². The van der Waals surface area contributed by atoms with E-state index in [-0.39, 0.29) is 5.91 Å². The second kappa shape index (κ2) is 6.18. The summed E-state index contributed by atoms with van der Waals surface area (Å²) in [5.41, 5.74) is 3.17. The molecule has 1 N–H and O–H groups in total. The number of thiazole rings is 1. The van der Waals surface area contributed by atoms with Gasteiger partial charge >= 0.3 is 0 Å².